The van der Waals surface area contributed by atoms with Gasteiger partial charge in [-0.05, 0) is 61.1 Å². The van der Waals surface area contributed by atoms with Crippen LogP contribution in [-0.2, 0) is 22.6 Å². The van der Waals surface area contributed by atoms with E-state index < -0.39 is 11.9 Å². The Morgan fingerprint density at radius 2 is 0.737 bits per heavy atom. The van der Waals surface area contributed by atoms with Crippen LogP contribution in [0.1, 0.15) is 148 Å². The molecule has 0 heterocycles. The normalized spacial score (nSPS) is 10.9. The van der Waals surface area contributed by atoms with Crippen LogP contribution in [0.15, 0.2) is 48.5 Å². The van der Waals surface area contributed by atoms with E-state index in [1.54, 1.807) is 24.3 Å². The van der Waals surface area contributed by atoms with E-state index >= 15 is 0 Å². The van der Waals surface area contributed by atoms with Gasteiger partial charge in [-0.3, -0.25) is 0 Å². The predicted octanol–water partition coefficient (Wildman–Crippen LogP) is 9.98. The molecule has 0 bridgehead atoms. The van der Waals surface area contributed by atoms with E-state index in [4.69, 9.17) is 9.78 Å². The molecule has 0 amide bonds. The topological polar surface area (TPSA) is 52.6 Å². The van der Waals surface area contributed by atoms with Crippen molar-refractivity contribution in [2.75, 3.05) is 0 Å². The van der Waals surface area contributed by atoms with Crippen LogP contribution in [0.2, 0.25) is 0 Å². The average Bonchev–Trinajstić information content (AvgIpc) is 2.95. The maximum Gasteiger partial charge on any atom is 0.386 e. The second-order valence-corrected chi connectivity index (χ2v) is 10.6. The molecular weight excluding hydrogens is 472 g/mol. The van der Waals surface area contributed by atoms with Gasteiger partial charge >= 0.3 is 11.9 Å². The fraction of sp³-hybridized carbons (Fsp3) is 0.588. The number of hydrogen-bond acceptors (Lipinski definition) is 4. The van der Waals surface area contributed by atoms with Crippen LogP contribution in [0.25, 0.3) is 0 Å². The zero-order chi connectivity index (χ0) is 27.3. The molecule has 0 atom stereocenters. The molecule has 0 aliphatic rings. The Balaban J connectivity index is 1.61. The lowest BCUT2D eigenvalue weighted by Gasteiger charge is -2.06. The van der Waals surface area contributed by atoms with Crippen LogP contribution < -0.4 is 0 Å². The second-order valence-electron chi connectivity index (χ2n) is 10.6. The molecule has 0 aliphatic carbocycles. The van der Waals surface area contributed by atoms with Crippen LogP contribution in [0.3, 0.4) is 0 Å². The van der Waals surface area contributed by atoms with Gasteiger partial charge in [0.05, 0.1) is 11.1 Å². The van der Waals surface area contributed by atoms with Gasteiger partial charge in [0.2, 0.25) is 0 Å². The number of carbonyl (C=O) groups is 2. The molecular formula is C34H50O4. The Morgan fingerprint density at radius 1 is 0.447 bits per heavy atom. The number of benzene rings is 2. The van der Waals surface area contributed by atoms with Crippen molar-refractivity contribution in [2.45, 2.75) is 129 Å². The Morgan fingerprint density at radius 3 is 1.05 bits per heavy atom. The van der Waals surface area contributed by atoms with Crippen LogP contribution in [0, 0.1) is 0 Å². The molecule has 4 heteroatoms. The molecule has 0 aliphatic heterocycles. The SMILES string of the molecule is CCCCCCCCCCc1ccc(C(=O)OOC(=O)c2ccc(CCCCCCCCCC)cc2)cc1. The number of aryl methyl sites for hydroxylation is 2. The molecule has 210 valence electrons. The molecule has 0 radical (unpaired) electrons. The maximum atomic E-state index is 12.3. The van der Waals surface area contributed by atoms with E-state index in [0.29, 0.717) is 11.1 Å². The summed E-state index contributed by atoms with van der Waals surface area (Å²) in [5.74, 6) is -1.33. The first-order valence-corrected chi connectivity index (χ1v) is 15.2. The highest BCUT2D eigenvalue weighted by atomic mass is 17.2. The molecule has 38 heavy (non-hydrogen) atoms. The van der Waals surface area contributed by atoms with Crippen molar-refractivity contribution < 1.29 is 19.4 Å². The minimum absolute atomic E-state index is 0.373. The molecule has 2 aromatic carbocycles. The molecule has 0 saturated carbocycles. The van der Waals surface area contributed by atoms with Crippen LogP contribution in [0.4, 0.5) is 0 Å². The molecule has 2 aromatic rings. The van der Waals surface area contributed by atoms with E-state index in [0.717, 1.165) is 25.7 Å². The van der Waals surface area contributed by atoms with Crippen molar-refractivity contribution in [1.29, 1.82) is 0 Å². The summed E-state index contributed by atoms with van der Waals surface area (Å²) in [5, 5.41) is 0. The number of unbranched alkanes of at least 4 members (excludes halogenated alkanes) is 14. The Bertz CT molecular complexity index is 810. The summed E-state index contributed by atoms with van der Waals surface area (Å²) in [6.07, 6.45) is 22.7. The monoisotopic (exact) mass is 522 g/mol. The Kier molecular flexibility index (Phi) is 16.9. The Labute approximate surface area is 231 Å². The first-order chi connectivity index (χ1) is 18.6. The lowest BCUT2D eigenvalue weighted by atomic mass is 10.0. The highest BCUT2D eigenvalue weighted by molar-refractivity contribution is 5.92. The molecule has 4 nitrogen and oxygen atoms in total. The van der Waals surface area contributed by atoms with Gasteiger partial charge in [0, 0.05) is 0 Å². The van der Waals surface area contributed by atoms with Crippen molar-refractivity contribution in [3.63, 3.8) is 0 Å². The average molecular weight is 523 g/mol. The zero-order valence-corrected chi connectivity index (χ0v) is 24.0. The van der Waals surface area contributed by atoms with Gasteiger partial charge in [0.15, 0.2) is 0 Å². The van der Waals surface area contributed by atoms with E-state index in [1.807, 2.05) is 24.3 Å². The Hall–Kier alpha value is -2.62. The summed E-state index contributed by atoms with van der Waals surface area (Å²) in [5.41, 5.74) is 3.16. The van der Waals surface area contributed by atoms with Gasteiger partial charge in [0.25, 0.3) is 0 Å². The first-order valence-electron chi connectivity index (χ1n) is 15.2. The van der Waals surface area contributed by atoms with Gasteiger partial charge in [0.1, 0.15) is 0 Å². The van der Waals surface area contributed by atoms with E-state index in [2.05, 4.69) is 13.8 Å². The quantitative estimate of drug-likeness (QED) is 0.0986. The summed E-state index contributed by atoms with van der Waals surface area (Å²) in [7, 11) is 0. The standard InChI is InChI=1S/C34H50O4/c1-3-5-7-9-11-13-15-17-19-29-21-25-31(26-22-29)33(35)37-38-34(36)32-27-23-30(24-28-32)20-18-16-14-12-10-8-6-4-2/h21-28H,3-20H2,1-2H3. The molecule has 2 rings (SSSR count). The summed E-state index contributed by atoms with van der Waals surface area (Å²) in [6.45, 7) is 4.49. The largest absolute Gasteiger partial charge is 0.386 e. The first kappa shape index (κ1) is 31.6. The summed E-state index contributed by atoms with van der Waals surface area (Å²) in [6, 6.07) is 14.7. The highest BCUT2D eigenvalue weighted by Crippen LogP contribution is 2.15. The fourth-order valence-electron chi connectivity index (χ4n) is 4.71. The fourth-order valence-corrected chi connectivity index (χ4v) is 4.71. The molecule has 0 saturated heterocycles. The highest BCUT2D eigenvalue weighted by Gasteiger charge is 2.14. The van der Waals surface area contributed by atoms with Crippen molar-refractivity contribution in [3.8, 4) is 0 Å². The smallest absolute Gasteiger partial charge is 0.242 e. The van der Waals surface area contributed by atoms with Gasteiger partial charge in [-0.2, -0.15) is 0 Å². The molecule has 0 aromatic heterocycles. The van der Waals surface area contributed by atoms with Crippen LogP contribution in [-0.4, -0.2) is 11.9 Å². The van der Waals surface area contributed by atoms with Gasteiger partial charge in [-0.25, -0.2) is 19.4 Å². The van der Waals surface area contributed by atoms with Crippen LogP contribution >= 0.6 is 0 Å². The lowest BCUT2D eigenvalue weighted by Crippen LogP contribution is -2.12. The molecule has 0 spiro atoms. The van der Waals surface area contributed by atoms with Crippen molar-refractivity contribution in [1.82, 2.24) is 0 Å². The third-order valence-electron chi connectivity index (χ3n) is 7.21. The predicted molar refractivity (Wildman–Crippen MR) is 156 cm³/mol. The van der Waals surface area contributed by atoms with E-state index in [1.165, 1.54) is 101 Å². The minimum Gasteiger partial charge on any atom is -0.242 e. The van der Waals surface area contributed by atoms with Crippen molar-refractivity contribution >= 4 is 11.9 Å². The van der Waals surface area contributed by atoms with E-state index in [-0.39, 0.29) is 0 Å². The summed E-state index contributed by atoms with van der Waals surface area (Å²) in [4.78, 5) is 34.2. The van der Waals surface area contributed by atoms with Gasteiger partial charge in [-0.15, -0.1) is 0 Å². The maximum absolute atomic E-state index is 12.3. The number of carbonyl (C=O) groups excluding carboxylic acids is 2. The summed E-state index contributed by atoms with van der Waals surface area (Å²) >= 11 is 0. The summed E-state index contributed by atoms with van der Waals surface area (Å²) < 4.78 is 0. The van der Waals surface area contributed by atoms with E-state index in [9.17, 15) is 9.59 Å². The van der Waals surface area contributed by atoms with Gasteiger partial charge < -0.3 is 0 Å². The lowest BCUT2D eigenvalue weighted by molar-refractivity contribution is -0.187. The third kappa shape index (κ3) is 13.8. The third-order valence-corrected chi connectivity index (χ3v) is 7.21. The van der Waals surface area contributed by atoms with Crippen molar-refractivity contribution in [3.05, 3.63) is 70.8 Å². The minimum atomic E-state index is -0.664. The van der Waals surface area contributed by atoms with Gasteiger partial charge in [-0.1, -0.05) is 128 Å². The molecule has 0 fully saturated rings. The zero-order valence-electron chi connectivity index (χ0n) is 24.0. The van der Waals surface area contributed by atoms with Crippen molar-refractivity contribution in [2.24, 2.45) is 0 Å². The second kappa shape index (κ2) is 20.4. The molecule has 0 N–H and O–H groups in total. The number of rotatable bonds is 20. The number of hydrogen-bond donors (Lipinski definition) is 0. The molecule has 0 unspecified atom stereocenters. The van der Waals surface area contributed by atoms with Crippen LogP contribution in [0.5, 0.6) is 0 Å².